The van der Waals surface area contributed by atoms with E-state index in [0.717, 1.165) is 25.1 Å². The zero-order valence-corrected chi connectivity index (χ0v) is 15.9. The second-order valence-electron chi connectivity index (χ2n) is 4.68. The lowest BCUT2D eigenvalue weighted by molar-refractivity contribution is 0.408. The summed E-state index contributed by atoms with van der Waals surface area (Å²) in [6.07, 6.45) is 0. The van der Waals surface area contributed by atoms with Crippen molar-refractivity contribution in [3.05, 3.63) is 48.0 Å². The third-order valence-corrected chi connectivity index (χ3v) is 6.58. The zero-order valence-electron chi connectivity index (χ0n) is 11.9. The molecule has 1 heterocycles. The maximum Gasteiger partial charge on any atom is 0.124 e. The number of aryl methyl sites for hydroxylation is 2. The predicted octanol–water partition coefficient (Wildman–Crippen LogP) is 5.21. The summed E-state index contributed by atoms with van der Waals surface area (Å²) in [5.41, 5.74) is 3.58. The summed E-state index contributed by atoms with van der Waals surface area (Å²) in [5.74, 6) is 0.970. The van der Waals surface area contributed by atoms with Crippen molar-refractivity contribution in [2.75, 3.05) is 14.2 Å². The van der Waals surface area contributed by atoms with Crippen molar-refractivity contribution in [2.24, 2.45) is 0 Å². The fourth-order valence-electron chi connectivity index (χ4n) is 2.45. The van der Waals surface area contributed by atoms with Crippen LogP contribution < -0.4 is 10.1 Å². The molecule has 5 heteroatoms. The van der Waals surface area contributed by atoms with Gasteiger partial charge in [0.25, 0.3) is 0 Å². The molecule has 0 saturated heterocycles. The molecule has 1 unspecified atom stereocenters. The summed E-state index contributed by atoms with van der Waals surface area (Å²) in [7, 11) is 3.71. The third-order valence-electron chi connectivity index (χ3n) is 3.26. The topological polar surface area (TPSA) is 21.3 Å². The first-order chi connectivity index (χ1) is 9.47. The van der Waals surface area contributed by atoms with Crippen molar-refractivity contribution in [1.29, 1.82) is 0 Å². The number of benzene rings is 1. The highest BCUT2D eigenvalue weighted by molar-refractivity contribution is 9.13. The summed E-state index contributed by atoms with van der Waals surface area (Å²) in [6.45, 7) is 4.17. The molecule has 0 fully saturated rings. The Morgan fingerprint density at radius 2 is 1.75 bits per heavy atom. The zero-order chi connectivity index (χ0) is 14.9. The van der Waals surface area contributed by atoms with Gasteiger partial charge in [-0.05, 0) is 75.5 Å². The molecule has 20 heavy (non-hydrogen) atoms. The van der Waals surface area contributed by atoms with E-state index in [2.05, 4.69) is 69.2 Å². The van der Waals surface area contributed by atoms with Gasteiger partial charge in [-0.25, -0.2) is 0 Å². The normalized spacial score (nSPS) is 12.5. The Balaban J connectivity index is 2.47. The first kappa shape index (κ1) is 16.0. The number of rotatable bonds is 4. The van der Waals surface area contributed by atoms with Gasteiger partial charge in [-0.3, -0.25) is 0 Å². The molecule has 1 N–H and O–H groups in total. The van der Waals surface area contributed by atoms with Crippen LogP contribution >= 0.6 is 43.2 Å². The van der Waals surface area contributed by atoms with Crippen LogP contribution in [0.4, 0.5) is 0 Å². The van der Waals surface area contributed by atoms with Crippen LogP contribution in [0.25, 0.3) is 0 Å². The molecule has 0 aliphatic carbocycles. The van der Waals surface area contributed by atoms with Gasteiger partial charge >= 0.3 is 0 Å². The fraction of sp³-hybridized carbons (Fsp3) is 0.333. The lowest BCUT2D eigenvalue weighted by atomic mass is 9.99. The average molecular weight is 419 g/mol. The van der Waals surface area contributed by atoms with Gasteiger partial charge < -0.3 is 10.1 Å². The van der Waals surface area contributed by atoms with Crippen LogP contribution in [0.15, 0.2) is 26.5 Å². The predicted molar refractivity (Wildman–Crippen MR) is 93.1 cm³/mol. The first-order valence-electron chi connectivity index (χ1n) is 6.25. The molecule has 108 valence electrons. The van der Waals surface area contributed by atoms with Gasteiger partial charge in [0.15, 0.2) is 0 Å². The molecule has 0 spiro atoms. The van der Waals surface area contributed by atoms with Gasteiger partial charge in [-0.1, -0.05) is 12.1 Å². The minimum Gasteiger partial charge on any atom is -0.496 e. The van der Waals surface area contributed by atoms with Gasteiger partial charge in [-0.15, -0.1) is 11.3 Å². The number of hydrogen-bond donors (Lipinski definition) is 1. The highest BCUT2D eigenvalue weighted by Crippen LogP contribution is 2.38. The standard InChI is InChI=1S/C15H17Br2NOS/c1-8-5-10(6-9(2)14(8)19-4)13(18-3)12-7-11(16)15(17)20-12/h5-7,13,18H,1-4H3. The lowest BCUT2D eigenvalue weighted by Crippen LogP contribution is -2.17. The molecule has 0 aliphatic heterocycles. The Kier molecular flexibility index (Phi) is 5.29. The van der Waals surface area contributed by atoms with Crippen LogP contribution in [-0.4, -0.2) is 14.2 Å². The number of halogens is 2. The minimum absolute atomic E-state index is 0.186. The summed E-state index contributed by atoms with van der Waals surface area (Å²) in [4.78, 5) is 1.27. The Morgan fingerprint density at radius 1 is 1.15 bits per heavy atom. The van der Waals surface area contributed by atoms with E-state index < -0.39 is 0 Å². The van der Waals surface area contributed by atoms with Gasteiger partial charge in [0.2, 0.25) is 0 Å². The summed E-state index contributed by atoms with van der Waals surface area (Å²) >= 11 is 8.85. The second kappa shape index (κ2) is 6.60. The smallest absolute Gasteiger partial charge is 0.124 e. The van der Waals surface area contributed by atoms with Crippen LogP contribution in [-0.2, 0) is 0 Å². The SMILES string of the molecule is CNC(c1cc(C)c(OC)c(C)c1)c1cc(Br)c(Br)s1. The maximum absolute atomic E-state index is 5.44. The van der Waals surface area contributed by atoms with Gasteiger partial charge in [-0.2, -0.15) is 0 Å². The van der Waals surface area contributed by atoms with Crippen molar-refractivity contribution in [2.45, 2.75) is 19.9 Å². The van der Waals surface area contributed by atoms with Crippen LogP contribution in [0.5, 0.6) is 5.75 Å². The molecule has 0 saturated carbocycles. The molecular weight excluding hydrogens is 402 g/mol. The van der Waals surface area contributed by atoms with Gasteiger partial charge in [0.1, 0.15) is 5.75 Å². The highest BCUT2D eigenvalue weighted by Gasteiger charge is 2.18. The Bertz CT molecular complexity index is 582. The van der Waals surface area contributed by atoms with E-state index in [0.29, 0.717) is 0 Å². The number of nitrogens with one attached hydrogen (secondary N) is 1. The largest absolute Gasteiger partial charge is 0.496 e. The molecule has 0 radical (unpaired) electrons. The lowest BCUT2D eigenvalue weighted by Gasteiger charge is -2.18. The Morgan fingerprint density at radius 3 is 2.15 bits per heavy atom. The number of hydrogen-bond acceptors (Lipinski definition) is 3. The van der Waals surface area contributed by atoms with E-state index in [-0.39, 0.29) is 6.04 Å². The van der Waals surface area contributed by atoms with Crippen LogP contribution in [0.1, 0.15) is 27.6 Å². The second-order valence-corrected chi connectivity index (χ2v) is 7.94. The summed E-state index contributed by atoms with van der Waals surface area (Å²) in [5, 5.41) is 3.40. The highest BCUT2D eigenvalue weighted by atomic mass is 79.9. The molecule has 1 aromatic heterocycles. The van der Waals surface area contributed by atoms with E-state index in [4.69, 9.17) is 4.74 Å². The number of thiophene rings is 1. The number of methoxy groups -OCH3 is 1. The number of ether oxygens (including phenoxy) is 1. The quantitative estimate of drug-likeness (QED) is 0.735. The first-order valence-corrected chi connectivity index (χ1v) is 8.65. The molecule has 0 bridgehead atoms. The summed E-state index contributed by atoms with van der Waals surface area (Å²) in [6, 6.07) is 6.72. The minimum atomic E-state index is 0.186. The van der Waals surface area contributed by atoms with Crippen molar-refractivity contribution in [3.8, 4) is 5.75 Å². The van der Waals surface area contributed by atoms with Crippen LogP contribution in [0.3, 0.4) is 0 Å². The van der Waals surface area contributed by atoms with Gasteiger partial charge in [0, 0.05) is 9.35 Å². The van der Waals surface area contributed by atoms with Crippen molar-refractivity contribution in [3.63, 3.8) is 0 Å². The maximum atomic E-state index is 5.44. The monoisotopic (exact) mass is 417 g/mol. The van der Waals surface area contributed by atoms with Crippen molar-refractivity contribution in [1.82, 2.24) is 5.32 Å². The van der Waals surface area contributed by atoms with E-state index in [9.17, 15) is 0 Å². The van der Waals surface area contributed by atoms with E-state index >= 15 is 0 Å². The molecule has 2 aromatic rings. The fourth-order valence-corrected chi connectivity index (χ4v) is 4.68. The van der Waals surface area contributed by atoms with Crippen molar-refractivity contribution < 1.29 is 4.74 Å². The molecular formula is C15H17Br2NOS. The summed E-state index contributed by atoms with van der Waals surface area (Å²) < 4.78 is 7.66. The molecule has 1 atom stereocenters. The van der Waals surface area contributed by atoms with E-state index in [1.54, 1.807) is 18.4 Å². The van der Waals surface area contributed by atoms with Crippen LogP contribution in [0, 0.1) is 13.8 Å². The molecule has 0 amide bonds. The van der Waals surface area contributed by atoms with E-state index in [1.165, 1.54) is 10.4 Å². The van der Waals surface area contributed by atoms with Gasteiger partial charge in [0.05, 0.1) is 16.9 Å². The third kappa shape index (κ3) is 3.11. The van der Waals surface area contributed by atoms with E-state index in [1.807, 2.05) is 7.05 Å². The molecule has 2 nitrogen and oxygen atoms in total. The molecule has 0 aliphatic rings. The average Bonchev–Trinajstić information content (AvgIpc) is 2.70. The van der Waals surface area contributed by atoms with Crippen LogP contribution in [0.2, 0.25) is 0 Å². The Hall–Kier alpha value is -0.360. The molecule has 1 aromatic carbocycles. The van der Waals surface area contributed by atoms with Crippen molar-refractivity contribution >= 4 is 43.2 Å². The Labute approximate surface area is 140 Å². The molecule has 2 rings (SSSR count).